The lowest BCUT2D eigenvalue weighted by molar-refractivity contribution is 0.519. The van der Waals surface area contributed by atoms with Crippen LogP contribution in [0.25, 0.3) is 0 Å². The second-order valence-corrected chi connectivity index (χ2v) is 6.83. The maximum atomic E-state index is 12.3. The van der Waals surface area contributed by atoms with Crippen molar-refractivity contribution in [3.05, 3.63) is 28.8 Å². The molecular formula is C12H17ClN2O2S. The van der Waals surface area contributed by atoms with E-state index >= 15 is 0 Å². The molecule has 0 saturated heterocycles. The Kier molecular flexibility index (Phi) is 3.96. The summed E-state index contributed by atoms with van der Waals surface area (Å²) in [6.45, 7) is 2.06. The van der Waals surface area contributed by atoms with Gasteiger partial charge in [0.15, 0.2) is 0 Å². The quantitative estimate of drug-likeness (QED) is 0.865. The molecule has 3 N–H and O–H groups in total. The predicted molar refractivity (Wildman–Crippen MR) is 72.1 cm³/mol. The molecule has 0 amide bonds. The van der Waals surface area contributed by atoms with Crippen molar-refractivity contribution < 1.29 is 8.42 Å². The van der Waals surface area contributed by atoms with Gasteiger partial charge in [0.25, 0.3) is 0 Å². The maximum absolute atomic E-state index is 12.3. The molecule has 1 saturated carbocycles. The van der Waals surface area contributed by atoms with Crippen LogP contribution in [0.1, 0.15) is 18.4 Å². The van der Waals surface area contributed by atoms with Crippen molar-refractivity contribution in [3.8, 4) is 0 Å². The third-order valence-electron chi connectivity index (χ3n) is 3.18. The fourth-order valence-corrected chi connectivity index (χ4v) is 3.78. The average molecular weight is 289 g/mol. The molecule has 1 fully saturated rings. The molecule has 0 bridgehead atoms. The number of hydrogen-bond acceptors (Lipinski definition) is 3. The highest BCUT2D eigenvalue weighted by molar-refractivity contribution is 7.89. The Balaban J connectivity index is 2.24. The van der Waals surface area contributed by atoms with Crippen molar-refractivity contribution >= 4 is 21.6 Å². The lowest BCUT2D eigenvalue weighted by Crippen LogP contribution is -2.41. The highest BCUT2D eigenvalue weighted by atomic mass is 35.5. The SMILES string of the molecule is Cc1cc(Cl)ccc1S(=O)(=O)NC(CN)C1CC1. The first-order valence-electron chi connectivity index (χ1n) is 5.92. The standard InChI is InChI=1S/C12H17ClN2O2S/c1-8-6-10(13)4-5-12(8)18(16,17)15-11(7-14)9-2-3-9/h4-6,9,11,15H,2-3,7,14H2,1H3. The molecule has 1 aliphatic carbocycles. The zero-order valence-electron chi connectivity index (χ0n) is 10.2. The molecule has 4 nitrogen and oxygen atoms in total. The van der Waals surface area contributed by atoms with Crippen molar-refractivity contribution in [2.24, 2.45) is 11.7 Å². The zero-order chi connectivity index (χ0) is 13.3. The molecule has 1 aromatic rings. The summed E-state index contributed by atoms with van der Waals surface area (Å²) < 4.78 is 27.2. The summed E-state index contributed by atoms with van der Waals surface area (Å²) in [6.07, 6.45) is 2.09. The average Bonchev–Trinajstić information content (AvgIpc) is 3.09. The summed E-state index contributed by atoms with van der Waals surface area (Å²) in [4.78, 5) is 0.269. The van der Waals surface area contributed by atoms with Crippen LogP contribution >= 0.6 is 11.6 Å². The van der Waals surface area contributed by atoms with E-state index in [9.17, 15) is 8.42 Å². The number of rotatable bonds is 5. The molecule has 1 aromatic carbocycles. The van der Waals surface area contributed by atoms with Crippen molar-refractivity contribution in [2.75, 3.05) is 6.54 Å². The zero-order valence-corrected chi connectivity index (χ0v) is 11.8. The smallest absolute Gasteiger partial charge is 0.241 e. The van der Waals surface area contributed by atoms with E-state index in [0.29, 0.717) is 23.0 Å². The van der Waals surface area contributed by atoms with Crippen LogP contribution in [0.2, 0.25) is 5.02 Å². The topological polar surface area (TPSA) is 72.2 Å². The molecule has 6 heteroatoms. The molecule has 0 radical (unpaired) electrons. The van der Waals surface area contributed by atoms with Crippen molar-refractivity contribution in [2.45, 2.75) is 30.7 Å². The van der Waals surface area contributed by atoms with Gasteiger partial charge in [-0.1, -0.05) is 11.6 Å². The van der Waals surface area contributed by atoms with Gasteiger partial charge in [-0.15, -0.1) is 0 Å². The largest absolute Gasteiger partial charge is 0.329 e. The third kappa shape index (κ3) is 3.03. The number of nitrogens with one attached hydrogen (secondary N) is 1. The predicted octanol–water partition coefficient (Wildman–Crippen LogP) is 1.66. The van der Waals surface area contributed by atoms with Crippen LogP contribution in [0.3, 0.4) is 0 Å². The molecule has 0 aliphatic heterocycles. The van der Waals surface area contributed by atoms with E-state index in [1.807, 2.05) is 0 Å². The molecule has 0 heterocycles. The first-order chi connectivity index (χ1) is 8.44. The van der Waals surface area contributed by atoms with Crippen molar-refractivity contribution in [3.63, 3.8) is 0 Å². The van der Waals surface area contributed by atoms with Crippen LogP contribution in [-0.2, 0) is 10.0 Å². The molecule has 100 valence electrons. The number of sulfonamides is 1. The van der Waals surface area contributed by atoms with E-state index in [2.05, 4.69) is 4.72 Å². The minimum absolute atomic E-state index is 0.162. The van der Waals surface area contributed by atoms with E-state index < -0.39 is 10.0 Å². The molecule has 2 rings (SSSR count). The summed E-state index contributed by atoms with van der Waals surface area (Å²) in [6, 6.07) is 4.59. The summed E-state index contributed by atoms with van der Waals surface area (Å²) in [5, 5.41) is 0.531. The van der Waals surface area contributed by atoms with Gasteiger partial charge in [0.05, 0.1) is 4.90 Å². The summed E-state index contributed by atoms with van der Waals surface area (Å²) >= 11 is 5.83. The molecule has 18 heavy (non-hydrogen) atoms. The fraction of sp³-hybridized carbons (Fsp3) is 0.500. The summed E-state index contributed by atoms with van der Waals surface area (Å²) in [5.41, 5.74) is 6.25. The van der Waals surface area contributed by atoms with Gasteiger partial charge in [0.2, 0.25) is 10.0 Å². The van der Waals surface area contributed by atoms with Gasteiger partial charge >= 0.3 is 0 Å². The van der Waals surface area contributed by atoms with Gasteiger partial charge in [-0.2, -0.15) is 0 Å². The van der Waals surface area contributed by atoms with Crippen LogP contribution in [0.15, 0.2) is 23.1 Å². The Morgan fingerprint density at radius 1 is 1.50 bits per heavy atom. The van der Waals surface area contributed by atoms with Gasteiger partial charge in [-0.3, -0.25) is 0 Å². The Bertz CT molecular complexity index is 541. The third-order valence-corrected chi connectivity index (χ3v) is 5.06. The highest BCUT2D eigenvalue weighted by Crippen LogP contribution is 2.33. The van der Waals surface area contributed by atoms with Crippen LogP contribution in [0.4, 0.5) is 0 Å². The van der Waals surface area contributed by atoms with Crippen molar-refractivity contribution in [1.29, 1.82) is 0 Å². The Morgan fingerprint density at radius 2 is 2.17 bits per heavy atom. The van der Waals surface area contributed by atoms with Crippen LogP contribution in [0, 0.1) is 12.8 Å². The van der Waals surface area contributed by atoms with E-state index in [1.165, 1.54) is 6.07 Å². The van der Waals surface area contributed by atoms with Crippen LogP contribution in [0.5, 0.6) is 0 Å². The molecule has 1 atom stereocenters. The number of benzene rings is 1. The highest BCUT2D eigenvalue weighted by Gasteiger charge is 2.33. The van der Waals surface area contributed by atoms with Crippen LogP contribution < -0.4 is 10.5 Å². The fourth-order valence-electron chi connectivity index (χ4n) is 2.01. The number of halogens is 1. The summed E-state index contributed by atoms with van der Waals surface area (Å²) in [7, 11) is -3.51. The second kappa shape index (κ2) is 5.17. The van der Waals surface area contributed by atoms with E-state index in [-0.39, 0.29) is 10.9 Å². The first-order valence-corrected chi connectivity index (χ1v) is 7.78. The van der Waals surface area contributed by atoms with Crippen molar-refractivity contribution in [1.82, 2.24) is 4.72 Å². The normalized spacial score (nSPS) is 17.7. The van der Waals surface area contributed by atoms with E-state index in [0.717, 1.165) is 12.8 Å². The maximum Gasteiger partial charge on any atom is 0.241 e. The molecule has 0 aromatic heterocycles. The second-order valence-electron chi connectivity index (χ2n) is 4.71. The molecule has 0 spiro atoms. The van der Waals surface area contributed by atoms with Gasteiger partial charge in [-0.05, 0) is 49.4 Å². The number of nitrogens with two attached hydrogens (primary N) is 1. The Morgan fingerprint density at radius 3 is 2.67 bits per heavy atom. The minimum Gasteiger partial charge on any atom is -0.329 e. The number of hydrogen-bond donors (Lipinski definition) is 2. The minimum atomic E-state index is -3.51. The molecule has 1 aliphatic rings. The first kappa shape index (κ1) is 13.8. The van der Waals surface area contributed by atoms with Crippen LogP contribution in [-0.4, -0.2) is 21.0 Å². The lowest BCUT2D eigenvalue weighted by atomic mass is 10.2. The molecular weight excluding hydrogens is 272 g/mol. The summed E-state index contributed by atoms with van der Waals surface area (Å²) in [5.74, 6) is 0.386. The van der Waals surface area contributed by atoms with Gasteiger partial charge < -0.3 is 5.73 Å². The van der Waals surface area contributed by atoms with E-state index in [1.54, 1.807) is 19.1 Å². The molecule has 1 unspecified atom stereocenters. The Hall–Kier alpha value is -0.620. The van der Waals surface area contributed by atoms with Gasteiger partial charge in [0.1, 0.15) is 0 Å². The Labute approximate surface area is 113 Å². The number of aryl methyl sites for hydroxylation is 1. The van der Waals surface area contributed by atoms with Gasteiger partial charge in [-0.25, -0.2) is 13.1 Å². The van der Waals surface area contributed by atoms with Gasteiger partial charge in [0, 0.05) is 17.6 Å². The van der Waals surface area contributed by atoms with E-state index in [4.69, 9.17) is 17.3 Å². The lowest BCUT2D eigenvalue weighted by Gasteiger charge is -2.17. The monoisotopic (exact) mass is 288 g/mol.